The lowest BCUT2D eigenvalue weighted by molar-refractivity contribution is 0.308. The second-order valence-electron chi connectivity index (χ2n) is 4.70. The first kappa shape index (κ1) is 14.6. The minimum atomic E-state index is -0.414. The minimum Gasteiger partial charge on any atom is -0.494 e. The first-order valence-electron chi connectivity index (χ1n) is 6.67. The van der Waals surface area contributed by atoms with Gasteiger partial charge in [0.25, 0.3) is 0 Å². The normalized spacial score (nSPS) is 10.7. The van der Waals surface area contributed by atoms with E-state index in [0.717, 1.165) is 5.39 Å². The van der Waals surface area contributed by atoms with Gasteiger partial charge < -0.3 is 9.47 Å². The number of ether oxygens (including phenoxy) is 2. The van der Waals surface area contributed by atoms with Crippen molar-refractivity contribution in [1.82, 2.24) is 4.98 Å². The van der Waals surface area contributed by atoms with Crippen molar-refractivity contribution in [3.63, 3.8) is 0 Å². The second kappa shape index (κ2) is 6.20. The Balaban J connectivity index is 1.85. The lowest BCUT2D eigenvalue weighted by Gasteiger charge is -2.10. The largest absolute Gasteiger partial charge is 0.494 e. The zero-order valence-corrected chi connectivity index (χ0v) is 12.6. The van der Waals surface area contributed by atoms with E-state index in [1.54, 1.807) is 30.5 Å². The van der Waals surface area contributed by atoms with E-state index < -0.39 is 5.82 Å². The summed E-state index contributed by atoms with van der Waals surface area (Å²) < 4.78 is 24.3. The molecule has 1 heterocycles. The highest BCUT2D eigenvalue weighted by atomic mass is 35.5. The maximum absolute atomic E-state index is 13.7. The summed E-state index contributed by atoms with van der Waals surface area (Å²) in [5.41, 5.74) is 1.39. The lowest BCUT2D eigenvalue weighted by Crippen LogP contribution is -1.98. The van der Waals surface area contributed by atoms with Crippen molar-refractivity contribution < 1.29 is 13.9 Å². The van der Waals surface area contributed by atoms with Gasteiger partial charge in [-0.3, -0.25) is 4.98 Å². The molecule has 0 unspecified atom stereocenters. The molecule has 0 bridgehead atoms. The third-order valence-electron chi connectivity index (χ3n) is 3.29. The van der Waals surface area contributed by atoms with Crippen LogP contribution in [0.25, 0.3) is 10.9 Å². The van der Waals surface area contributed by atoms with Crippen molar-refractivity contribution in [2.24, 2.45) is 0 Å². The van der Waals surface area contributed by atoms with Gasteiger partial charge in [0.2, 0.25) is 0 Å². The topological polar surface area (TPSA) is 31.4 Å². The molecule has 0 spiro atoms. The van der Waals surface area contributed by atoms with E-state index >= 15 is 0 Å². The van der Waals surface area contributed by atoms with Crippen LogP contribution in [-0.4, -0.2) is 12.1 Å². The summed E-state index contributed by atoms with van der Waals surface area (Å²) in [6.07, 6.45) is 1.68. The van der Waals surface area contributed by atoms with Crippen molar-refractivity contribution in [3.8, 4) is 11.5 Å². The van der Waals surface area contributed by atoms with Crippen LogP contribution in [0.15, 0.2) is 48.7 Å². The molecule has 1 aromatic heterocycles. The van der Waals surface area contributed by atoms with E-state index in [0.29, 0.717) is 21.9 Å². The number of fused-ring (bicyclic) bond motifs is 1. The Hall–Kier alpha value is -2.33. The predicted octanol–water partition coefficient (Wildman–Crippen LogP) is 4.61. The van der Waals surface area contributed by atoms with Crippen LogP contribution < -0.4 is 9.47 Å². The molecule has 3 rings (SSSR count). The van der Waals surface area contributed by atoms with Crippen molar-refractivity contribution >= 4 is 22.5 Å². The lowest BCUT2D eigenvalue weighted by atomic mass is 10.2. The van der Waals surface area contributed by atoms with E-state index in [9.17, 15) is 4.39 Å². The molecule has 0 saturated carbocycles. The number of pyridine rings is 1. The molecule has 5 heteroatoms. The average Bonchev–Trinajstić information content (AvgIpc) is 2.55. The fourth-order valence-corrected chi connectivity index (χ4v) is 2.40. The predicted molar refractivity (Wildman–Crippen MR) is 84.0 cm³/mol. The molecule has 0 atom stereocenters. The van der Waals surface area contributed by atoms with E-state index in [-0.39, 0.29) is 12.4 Å². The fraction of sp³-hybridized carbons (Fsp3) is 0.118. The number of rotatable bonds is 4. The van der Waals surface area contributed by atoms with E-state index in [1.807, 2.05) is 12.1 Å². The van der Waals surface area contributed by atoms with Gasteiger partial charge in [-0.15, -0.1) is 0 Å². The molecule has 3 aromatic rings. The van der Waals surface area contributed by atoms with E-state index in [1.165, 1.54) is 13.2 Å². The van der Waals surface area contributed by atoms with E-state index in [4.69, 9.17) is 21.1 Å². The van der Waals surface area contributed by atoms with Crippen LogP contribution in [0, 0.1) is 5.82 Å². The van der Waals surface area contributed by atoms with Gasteiger partial charge in [0, 0.05) is 11.6 Å². The molecule has 0 N–H and O–H groups in total. The number of hydrogen-bond donors (Lipinski definition) is 0. The maximum atomic E-state index is 13.7. The van der Waals surface area contributed by atoms with Gasteiger partial charge in [-0.2, -0.15) is 0 Å². The highest BCUT2D eigenvalue weighted by Gasteiger charge is 2.08. The van der Waals surface area contributed by atoms with Gasteiger partial charge >= 0.3 is 0 Å². The first-order valence-corrected chi connectivity index (χ1v) is 7.05. The molecule has 2 aromatic carbocycles. The summed E-state index contributed by atoms with van der Waals surface area (Å²) in [4.78, 5) is 4.30. The van der Waals surface area contributed by atoms with Gasteiger partial charge in [-0.1, -0.05) is 17.7 Å². The highest BCUT2D eigenvalue weighted by Crippen LogP contribution is 2.30. The molecule has 0 radical (unpaired) electrons. The summed E-state index contributed by atoms with van der Waals surface area (Å²) in [6.45, 7) is 0.230. The number of halogens is 2. The van der Waals surface area contributed by atoms with Crippen LogP contribution in [0.1, 0.15) is 5.56 Å². The molecule has 0 aliphatic heterocycles. The van der Waals surface area contributed by atoms with Gasteiger partial charge in [0.15, 0.2) is 11.6 Å². The molecular weight excluding hydrogens is 305 g/mol. The SMILES string of the molecule is COc1ccc(COc2ccc(Cl)c3cccnc23)cc1F. The Morgan fingerprint density at radius 2 is 1.95 bits per heavy atom. The molecule has 0 amide bonds. The Morgan fingerprint density at radius 3 is 2.73 bits per heavy atom. The molecular formula is C17H13ClFNO2. The van der Waals surface area contributed by atoms with Gasteiger partial charge in [0.1, 0.15) is 17.9 Å². The monoisotopic (exact) mass is 317 g/mol. The fourth-order valence-electron chi connectivity index (χ4n) is 2.19. The molecule has 112 valence electrons. The molecule has 22 heavy (non-hydrogen) atoms. The molecule has 0 fully saturated rings. The third kappa shape index (κ3) is 2.83. The Bertz CT molecular complexity index is 823. The standard InChI is InChI=1S/C17H13ClFNO2/c1-21-15-6-4-11(9-14(15)19)10-22-16-7-5-13(18)12-3-2-8-20-17(12)16/h2-9H,10H2,1H3. The Labute approximate surface area is 132 Å². The average molecular weight is 318 g/mol. The quantitative estimate of drug-likeness (QED) is 0.704. The van der Waals surface area contributed by atoms with Crippen molar-refractivity contribution in [1.29, 1.82) is 0 Å². The first-order chi connectivity index (χ1) is 10.7. The van der Waals surface area contributed by atoms with Crippen LogP contribution >= 0.6 is 11.6 Å². The van der Waals surface area contributed by atoms with Gasteiger partial charge in [-0.05, 0) is 42.0 Å². The molecule has 0 aliphatic rings. The number of methoxy groups -OCH3 is 1. The summed E-state index contributed by atoms with van der Waals surface area (Å²) in [6, 6.07) is 11.9. The molecule has 0 aliphatic carbocycles. The Morgan fingerprint density at radius 1 is 1.14 bits per heavy atom. The zero-order chi connectivity index (χ0) is 15.5. The van der Waals surface area contributed by atoms with Crippen LogP contribution in [0.4, 0.5) is 4.39 Å². The minimum absolute atomic E-state index is 0.211. The third-order valence-corrected chi connectivity index (χ3v) is 3.62. The van der Waals surface area contributed by atoms with Crippen LogP contribution in [0.5, 0.6) is 11.5 Å². The maximum Gasteiger partial charge on any atom is 0.165 e. The van der Waals surface area contributed by atoms with Crippen LogP contribution in [0.3, 0.4) is 0 Å². The number of benzene rings is 2. The summed E-state index contributed by atoms with van der Waals surface area (Å²) in [5.74, 6) is 0.404. The van der Waals surface area contributed by atoms with Crippen molar-refractivity contribution in [2.75, 3.05) is 7.11 Å². The van der Waals surface area contributed by atoms with Gasteiger partial charge in [0.05, 0.1) is 12.1 Å². The molecule has 3 nitrogen and oxygen atoms in total. The van der Waals surface area contributed by atoms with E-state index in [2.05, 4.69) is 4.98 Å². The molecule has 0 saturated heterocycles. The summed E-state index contributed by atoms with van der Waals surface area (Å²) in [7, 11) is 1.43. The van der Waals surface area contributed by atoms with Crippen molar-refractivity contribution in [3.05, 3.63) is 65.1 Å². The number of hydrogen-bond acceptors (Lipinski definition) is 3. The van der Waals surface area contributed by atoms with Gasteiger partial charge in [-0.25, -0.2) is 4.39 Å². The van der Waals surface area contributed by atoms with Crippen LogP contribution in [0.2, 0.25) is 5.02 Å². The smallest absolute Gasteiger partial charge is 0.165 e. The Kier molecular flexibility index (Phi) is 4.11. The number of nitrogens with zero attached hydrogens (tertiary/aromatic N) is 1. The zero-order valence-electron chi connectivity index (χ0n) is 11.8. The van der Waals surface area contributed by atoms with Crippen molar-refractivity contribution in [2.45, 2.75) is 6.61 Å². The summed E-state index contributed by atoms with van der Waals surface area (Å²) >= 11 is 6.14. The summed E-state index contributed by atoms with van der Waals surface area (Å²) in [5, 5.41) is 1.44. The number of aromatic nitrogens is 1. The second-order valence-corrected chi connectivity index (χ2v) is 5.11. The van der Waals surface area contributed by atoms with Crippen LogP contribution in [-0.2, 0) is 6.61 Å². The highest BCUT2D eigenvalue weighted by molar-refractivity contribution is 6.35.